The summed E-state index contributed by atoms with van der Waals surface area (Å²) in [5.41, 5.74) is -3.10. The minimum atomic E-state index is -1.34. The van der Waals surface area contributed by atoms with E-state index >= 15 is 8.78 Å². The van der Waals surface area contributed by atoms with Crippen molar-refractivity contribution in [2.24, 2.45) is 5.92 Å². The number of pyridine rings is 2. The van der Waals surface area contributed by atoms with Gasteiger partial charge in [-0.15, -0.1) is 0 Å². The fraction of sp³-hybridized carbons (Fsp3) is 0.433. The van der Waals surface area contributed by atoms with Gasteiger partial charge in [0.15, 0.2) is 0 Å². The van der Waals surface area contributed by atoms with Crippen LogP contribution in [-0.4, -0.2) is 42.9 Å². The van der Waals surface area contributed by atoms with Crippen molar-refractivity contribution in [2.45, 2.75) is 75.6 Å². The van der Waals surface area contributed by atoms with Crippen LogP contribution in [-0.2, 0) is 5.60 Å². The number of carbonyl (C=O) groups is 1. The highest BCUT2D eigenvalue weighted by Gasteiger charge is 2.43. The second-order valence-electron chi connectivity index (χ2n) is 11.3. The van der Waals surface area contributed by atoms with Crippen molar-refractivity contribution in [1.29, 1.82) is 0 Å². The normalized spacial score (nSPS) is 26.1. The number of anilines is 1. The summed E-state index contributed by atoms with van der Waals surface area (Å²) in [6, 6.07) is 5.74. The second kappa shape index (κ2) is 10.6. The van der Waals surface area contributed by atoms with Crippen LogP contribution in [0, 0.1) is 23.4 Å². The molecule has 2 aliphatic carbocycles. The molecule has 5 rings (SSSR count). The maximum atomic E-state index is 15.2. The van der Waals surface area contributed by atoms with Gasteiger partial charge < -0.3 is 20.6 Å². The molecule has 2 aromatic heterocycles. The summed E-state index contributed by atoms with van der Waals surface area (Å²) >= 11 is 0. The van der Waals surface area contributed by atoms with Crippen LogP contribution >= 0.6 is 0 Å². The van der Waals surface area contributed by atoms with Crippen molar-refractivity contribution in [3.8, 4) is 11.3 Å². The molecule has 3 aromatic rings. The van der Waals surface area contributed by atoms with E-state index in [2.05, 4.69) is 15.3 Å². The number of nitrogens with zero attached hydrogens (tertiary/aromatic N) is 2. The summed E-state index contributed by atoms with van der Waals surface area (Å²) in [6.45, 7) is 3.44. The quantitative estimate of drug-likeness (QED) is 0.344. The highest BCUT2D eigenvalue weighted by Crippen LogP contribution is 2.44. The predicted molar refractivity (Wildman–Crippen MR) is 142 cm³/mol. The molecule has 4 atom stereocenters. The van der Waals surface area contributed by atoms with E-state index in [1.165, 1.54) is 6.20 Å². The Labute approximate surface area is 230 Å². The third-order valence-corrected chi connectivity index (χ3v) is 8.69. The molecule has 0 saturated heterocycles. The summed E-state index contributed by atoms with van der Waals surface area (Å²) < 4.78 is 45.1. The molecule has 7 nitrogen and oxygen atoms in total. The molecule has 40 heavy (non-hydrogen) atoms. The van der Waals surface area contributed by atoms with E-state index < -0.39 is 51.9 Å². The Morgan fingerprint density at radius 2 is 1.70 bits per heavy atom. The van der Waals surface area contributed by atoms with Crippen molar-refractivity contribution in [1.82, 2.24) is 9.97 Å². The highest BCUT2D eigenvalue weighted by atomic mass is 19.1. The number of aromatic nitrogens is 2. The minimum Gasteiger partial charge on any atom is -0.390 e. The van der Waals surface area contributed by atoms with E-state index in [-0.39, 0.29) is 29.5 Å². The van der Waals surface area contributed by atoms with Gasteiger partial charge in [0.2, 0.25) is 0 Å². The van der Waals surface area contributed by atoms with Crippen molar-refractivity contribution in [3.05, 3.63) is 77.0 Å². The average Bonchev–Trinajstić information content (AvgIpc) is 3.36. The summed E-state index contributed by atoms with van der Waals surface area (Å²) in [6.07, 6.45) is 5.07. The third-order valence-electron chi connectivity index (χ3n) is 8.69. The molecule has 2 fully saturated rings. The maximum absolute atomic E-state index is 15.2. The topological polar surface area (TPSA) is 116 Å². The van der Waals surface area contributed by atoms with Gasteiger partial charge in [0.25, 0.3) is 5.91 Å². The van der Waals surface area contributed by atoms with Crippen molar-refractivity contribution in [2.75, 3.05) is 5.32 Å². The summed E-state index contributed by atoms with van der Waals surface area (Å²) in [5, 5.41) is 34.5. The van der Waals surface area contributed by atoms with E-state index in [9.17, 15) is 24.5 Å². The number of hydrogen-bond donors (Lipinski definition) is 4. The average molecular weight is 556 g/mol. The summed E-state index contributed by atoms with van der Waals surface area (Å²) in [5.74, 6) is -4.34. The van der Waals surface area contributed by atoms with E-state index in [1.807, 2.05) is 6.92 Å². The first kappa shape index (κ1) is 28.2. The number of halogens is 3. The van der Waals surface area contributed by atoms with E-state index in [4.69, 9.17) is 0 Å². The van der Waals surface area contributed by atoms with Crippen LogP contribution in [0.4, 0.5) is 18.9 Å². The minimum absolute atomic E-state index is 0.0887. The maximum Gasteiger partial charge on any atom is 0.274 e. The molecule has 2 saturated carbocycles. The lowest BCUT2D eigenvalue weighted by atomic mass is 9.69. The molecule has 4 N–H and O–H groups in total. The Bertz CT molecular complexity index is 1400. The summed E-state index contributed by atoms with van der Waals surface area (Å²) in [4.78, 5) is 21.2. The van der Waals surface area contributed by atoms with Crippen LogP contribution in [0.3, 0.4) is 0 Å². The van der Waals surface area contributed by atoms with Gasteiger partial charge in [-0.3, -0.25) is 9.78 Å². The number of nitrogens with one attached hydrogen (secondary N) is 1. The molecule has 1 amide bonds. The molecule has 0 unspecified atom stereocenters. The number of aliphatic hydroxyl groups excluding tert-OH is 1. The fourth-order valence-electron chi connectivity index (χ4n) is 5.96. The largest absolute Gasteiger partial charge is 0.390 e. The van der Waals surface area contributed by atoms with E-state index in [0.717, 1.165) is 37.1 Å². The lowest BCUT2D eigenvalue weighted by Crippen LogP contribution is -2.49. The third kappa shape index (κ3) is 5.11. The zero-order chi connectivity index (χ0) is 28.8. The van der Waals surface area contributed by atoms with E-state index in [0.29, 0.717) is 30.5 Å². The highest BCUT2D eigenvalue weighted by molar-refractivity contribution is 6.03. The second-order valence-corrected chi connectivity index (χ2v) is 11.3. The van der Waals surface area contributed by atoms with Gasteiger partial charge in [0, 0.05) is 6.20 Å². The first-order valence-corrected chi connectivity index (χ1v) is 13.4. The Balaban J connectivity index is 1.43. The first-order valence-electron chi connectivity index (χ1n) is 13.4. The van der Waals surface area contributed by atoms with Crippen LogP contribution in [0.25, 0.3) is 11.3 Å². The fourth-order valence-corrected chi connectivity index (χ4v) is 5.96. The molecule has 0 radical (unpaired) electrons. The van der Waals surface area contributed by atoms with Crippen LogP contribution in [0.1, 0.15) is 79.9 Å². The number of aliphatic hydroxyl groups is 3. The van der Waals surface area contributed by atoms with Gasteiger partial charge in [-0.2, -0.15) is 0 Å². The molecule has 2 aliphatic rings. The number of benzene rings is 1. The molecular weight excluding hydrogens is 523 g/mol. The van der Waals surface area contributed by atoms with Crippen LogP contribution in [0.15, 0.2) is 42.7 Å². The predicted octanol–water partition coefficient (Wildman–Crippen LogP) is 5.20. The number of carbonyl (C=O) groups excluding carboxylic acids is 1. The van der Waals surface area contributed by atoms with Crippen molar-refractivity contribution < 1.29 is 33.3 Å². The zero-order valence-electron chi connectivity index (χ0n) is 22.3. The van der Waals surface area contributed by atoms with Gasteiger partial charge in [-0.1, -0.05) is 19.8 Å². The van der Waals surface area contributed by atoms with Crippen molar-refractivity contribution in [3.63, 3.8) is 0 Å². The molecule has 0 bridgehead atoms. The molecular formula is C30H32F3N3O4. The van der Waals surface area contributed by atoms with Gasteiger partial charge in [-0.05, 0) is 85.9 Å². The summed E-state index contributed by atoms with van der Waals surface area (Å²) in [7, 11) is 0. The molecule has 212 valence electrons. The molecule has 10 heteroatoms. The Hall–Kier alpha value is -3.34. The SMILES string of the molecule is C[C@H]1C[C@@H](c2ccncc2NC(=O)c2ccc(F)c(-c3c(F)cc(C4(O)CCCC4)cc3F)n2)C[C@@H](O)[C@]1(C)O. The molecule has 0 aliphatic heterocycles. The Kier molecular flexibility index (Phi) is 7.45. The first-order chi connectivity index (χ1) is 18.9. The molecule has 1 aromatic carbocycles. The zero-order valence-corrected chi connectivity index (χ0v) is 22.3. The Morgan fingerprint density at radius 3 is 2.35 bits per heavy atom. The molecule has 0 spiro atoms. The van der Waals surface area contributed by atoms with E-state index in [1.54, 1.807) is 19.2 Å². The van der Waals surface area contributed by atoms with Gasteiger partial charge in [0.1, 0.15) is 28.8 Å². The smallest absolute Gasteiger partial charge is 0.274 e. The monoisotopic (exact) mass is 555 g/mol. The van der Waals surface area contributed by atoms with Crippen LogP contribution in [0.5, 0.6) is 0 Å². The lowest BCUT2D eigenvalue weighted by Gasteiger charge is -2.43. The van der Waals surface area contributed by atoms with Crippen LogP contribution in [0.2, 0.25) is 0 Å². The van der Waals surface area contributed by atoms with Gasteiger partial charge in [0.05, 0.1) is 34.8 Å². The van der Waals surface area contributed by atoms with Crippen LogP contribution < -0.4 is 5.32 Å². The number of amides is 1. The van der Waals surface area contributed by atoms with Gasteiger partial charge in [-0.25, -0.2) is 18.2 Å². The standard InChI is InChI=1S/C30H32F3N3O4/c1-16-11-17(12-25(37)29(16,2)39)19-7-10-34-15-24(19)36-28(38)23-6-5-20(31)27(35-23)26-21(32)13-18(14-22(26)33)30(40)8-3-4-9-30/h5-7,10,13-17,25,37,39-40H,3-4,8-9,11-12H2,1-2H3,(H,36,38)/t16-,17+,25+,29+/m0/s1. The van der Waals surface area contributed by atoms with Crippen molar-refractivity contribution >= 4 is 11.6 Å². The molecule has 2 heterocycles. The number of hydrogen-bond acceptors (Lipinski definition) is 6. The van der Waals surface area contributed by atoms with Gasteiger partial charge >= 0.3 is 0 Å². The Morgan fingerprint density at radius 1 is 1.02 bits per heavy atom. The lowest BCUT2D eigenvalue weighted by molar-refractivity contribution is -0.123. The number of rotatable bonds is 5.